The lowest BCUT2D eigenvalue weighted by molar-refractivity contribution is 0.451. The van der Waals surface area contributed by atoms with E-state index in [1.165, 1.54) is 12.1 Å². The fourth-order valence-corrected chi connectivity index (χ4v) is 2.17. The number of hydrogen-bond donors (Lipinski definition) is 2. The van der Waals surface area contributed by atoms with Gasteiger partial charge in [0.15, 0.2) is 5.65 Å². The monoisotopic (exact) mass is 255 g/mol. The van der Waals surface area contributed by atoms with Gasteiger partial charge in [-0.25, -0.2) is 9.97 Å². The smallest absolute Gasteiger partial charge is 0.160 e. The van der Waals surface area contributed by atoms with E-state index in [0.29, 0.717) is 17.9 Å². The molecule has 0 saturated heterocycles. The van der Waals surface area contributed by atoms with Crippen LogP contribution in [0.25, 0.3) is 22.6 Å². The van der Waals surface area contributed by atoms with Crippen LogP contribution in [0, 0.1) is 0 Å². The van der Waals surface area contributed by atoms with Gasteiger partial charge in [0.2, 0.25) is 0 Å². The molecule has 0 aliphatic carbocycles. The van der Waals surface area contributed by atoms with Crippen LogP contribution in [0.5, 0.6) is 11.5 Å². The van der Waals surface area contributed by atoms with Crippen molar-refractivity contribution in [2.45, 2.75) is 13.5 Å². The summed E-state index contributed by atoms with van der Waals surface area (Å²) in [4.78, 5) is 8.82. The number of rotatable bonds is 2. The van der Waals surface area contributed by atoms with Crippen molar-refractivity contribution in [1.82, 2.24) is 14.5 Å². The van der Waals surface area contributed by atoms with Gasteiger partial charge in [-0.15, -0.1) is 0 Å². The summed E-state index contributed by atoms with van der Waals surface area (Å²) in [6.45, 7) is 2.69. The topological polar surface area (TPSA) is 71.2 Å². The Morgan fingerprint density at radius 2 is 2.05 bits per heavy atom. The minimum Gasteiger partial charge on any atom is -0.508 e. The molecule has 0 aliphatic rings. The third kappa shape index (κ3) is 1.79. The van der Waals surface area contributed by atoms with Crippen molar-refractivity contribution >= 4 is 11.2 Å². The highest BCUT2D eigenvalue weighted by atomic mass is 16.3. The van der Waals surface area contributed by atoms with Crippen LogP contribution in [-0.4, -0.2) is 24.7 Å². The molecule has 5 nitrogen and oxygen atoms in total. The highest BCUT2D eigenvalue weighted by Crippen LogP contribution is 2.32. The van der Waals surface area contributed by atoms with Gasteiger partial charge in [-0.2, -0.15) is 0 Å². The first-order valence-electron chi connectivity index (χ1n) is 6.04. The van der Waals surface area contributed by atoms with E-state index in [1.54, 1.807) is 12.3 Å². The van der Waals surface area contributed by atoms with E-state index in [1.807, 2.05) is 23.6 Å². The number of imidazole rings is 1. The Labute approximate surface area is 109 Å². The number of phenols is 2. The maximum Gasteiger partial charge on any atom is 0.160 e. The van der Waals surface area contributed by atoms with E-state index in [9.17, 15) is 10.2 Å². The van der Waals surface area contributed by atoms with Crippen LogP contribution in [0.1, 0.15) is 6.92 Å². The predicted octanol–water partition coefficient (Wildman–Crippen LogP) is 2.53. The molecule has 2 N–H and O–H groups in total. The van der Waals surface area contributed by atoms with Crippen LogP contribution >= 0.6 is 0 Å². The average Bonchev–Trinajstić information content (AvgIpc) is 2.76. The van der Waals surface area contributed by atoms with Crippen molar-refractivity contribution in [3.63, 3.8) is 0 Å². The highest BCUT2D eigenvalue weighted by Gasteiger charge is 2.15. The molecule has 0 atom stereocenters. The normalized spacial score (nSPS) is 11.0. The summed E-state index contributed by atoms with van der Waals surface area (Å²) < 4.78 is 1.93. The molecule has 0 spiro atoms. The molecule has 19 heavy (non-hydrogen) atoms. The van der Waals surface area contributed by atoms with Crippen molar-refractivity contribution in [2.24, 2.45) is 0 Å². The van der Waals surface area contributed by atoms with Gasteiger partial charge in [0, 0.05) is 18.8 Å². The zero-order valence-corrected chi connectivity index (χ0v) is 10.4. The van der Waals surface area contributed by atoms with Crippen LogP contribution in [0.3, 0.4) is 0 Å². The summed E-state index contributed by atoms with van der Waals surface area (Å²) in [7, 11) is 0. The van der Waals surface area contributed by atoms with Gasteiger partial charge in [-0.3, -0.25) is 0 Å². The summed E-state index contributed by atoms with van der Waals surface area (Å²) in [6.07, 6.45) is 1.72. The number of aromatic nitrogens is 3. The molecule has 0 unspecified atom stereocenters. The number of nitrogens with zero attached hydrogens (tertiary/aromatic N) is 3. The predicted molar refractivity (Wildman–Crippen MR) is 72.0 cm³/mol. The van der Waals surface area contributed by atoms with E-state index in [2.05, 4.69) is 9.97 Å². The van der Waals surface area contributed by atoms with Gasteiger partial charge in [-0.1, -0.05) is 0 Å². The molecule has 0 fully saturated rings. The Hall–Kier alpha value is -2.56. The van der Waals surface area contributed by atoms with Crippen molar-refractivity contribution < 1.29 is 10.2 Å². The number of benzene rings is 1. The first-order chi connectivity index (χ1) is 9.20. The van der Waals surface area contributed by atoms with E-state index in [0.717, 1.165) is 11.2 Å². The van der Waals surface area contributed by atoms with Crippen molar-refractivity contribution in [3.8, 4) is 22.9 Å². The Morgan fingerprint density at radius 1 is 1.21 bits per heavy atom. The van der Waals surface area contributed by atoms with E-state index < -0.39 is 0 Å². The maximum atomic E-state index is 9.96. The van der Waals surface area contributed by atoms with E-state index >= 15 is 0 Å². The number of pyridine rings is 1. The standard InChI is InChI=1S/C14H13N3O2/c1-2-17-13(10-6-5-9(18)8-12(10)19)16-11-4-3-7-15-14(11)17/h3-8,18-19H,2H2,1H3. The summed E-state index contributed by atoms with van der Waals surface area (Å²) >= 11 is 0. The minimum absolute atomic E-state index is 0.00464. The fourth-order valence-electron chi connectivity index (χ4n) is 2.17. The summed E-state index contributed by atoms with van der Waals surface area (Å²) in [5, 5.41) is 19.3. The molecule has 1 aromatic carbocycles. The average molecular weight is 255 g/mol. The second kappa shape index (κ2) is 4.28. The summed E-state index contributed by atoms with van der Waals surface area (Å²) in [6, 6.07) is 8.20. The van der Waals surface area contributed by atoms with Crippen molar-refractivity contribution in [3.05, 3.63) is 36.5 Å². The van der Waals surface area contributed by atoms with Gasteiger partial charge >= 0.3 is 0 Å². The molecule has 0 bridgehead atoms. The quantitative estimate of drug-likeness (QED) is 0.738. The molecule has 0 aliphatic heterocycles. The minimum atomic E-state index is 0.00464. The summed E-state index contributed by atoms with van der Waals surface area (Å²) in [5.74, 6) is 0.678. The lowest BCUT2D eigenvalue weighted by Gasteiger charge is -2.07. The van der Waals surface area contributed by atoms with E-state index in [-0.39, 0.29) is 11.5 Å². The first-order valence-corrected chi connectivity index (χ1v) is 6.04. The maximum absolute atomic E-state index is 9.96. The number of phenolic OH excluding ortho intramolecular Hbond substituents is 2. The summed E-state index contributed by atoms with van der Waals surface area (Å²) in [5.41, 5.74) is 2.15. The second-order valence-electron chi connectivity index (χ2n) is 4.23. The van der Waals surface area contributed by atoms with Crippen molar-refractivity contribution in [1.29, 1.82) is 0 Å². The zero-order chi connectivity index (χ0) is 13.4. The van der Waals surface area contributed by atoms with E-state index in [4.69, 9.17) is 0 Å². The Balaban J connectivity index is 2.30. The van der Waals surface area contributed by atoms with Gasteiger partial charge < -0.3 is 14.8 Å². The van der Waals surface area contributed by atoms with Crippen LogP contribution in [0.4, 0.5) is 0 Å². The molecular weight excluding hydrogens is 242 g/mol. The molecule has 5 heteroatoms. The molecule has 3 aromatic rings. The highest BCUT2D eigenvalue weighted by molar-refractivity contribution is 5.79. The molecule has 96 valence electrons. The lowest BCUT2D eigenvalue weighted by Crippen LogP contribution is -1.98. The Morgan fingerprint density at radius 3 is 2.79 bits per heavy atom. The van der Waals surface area contributed by atoms with Crippen LogP contribution < -0.4 is 0 Å². The van der Waals surface area contributed by atoms with Crippen molar-refractivity contribution in [2.75, 3.05) is 0 Å². The fraction of sp³-hybridized carbons (Fsp3) is 0.143. The van der Waals surface area contributed by atoms with Crippen LogP contribution in [-0.2, 0) is 6.54 Å². The van der Waals surface area contributed by atoms with Gasteiger partial charge in [0.25, 0.3) is 0 Å². The molecule has 0 saturated carbocycles. The number of hydrogen-bond acceptors (Lipinski definition) is 4. The van der Waals surface area contributed by atoms with Gasteiger partial charge in [-0.05, 0) is 31.2 Å². The van der Waals surface area contributed by atoms with Gasteiger partial charge in [0.05, 0.1) is 5.56 Å². The third-order valence-electron chi connectivity index (χ3n) is 3.04. The molecule has 0 amide bonds. The molecule has 3 rings (SSSR count). The molecule has 2 heterocycles. The SMILES string of the molecule is CCn1c(-c2ccc(O)cc2O)nc2cccnc21. The number of aromatic hydroxyl groups is 2. The number of aryl methyl sites for hydroxylation is 1. The Kier molecular flexibility index (Phi) is 2.59. The van der Waals surface area contributed by atoms with Crippen LogP contribution in [0.15, 0.2) is 36.5 Å². The molecule has 2 aromatic heterocycles. The Bertz CT molecular complexity index is 750. The third-order valence-corrected chi connectivity index (χ3v) is 3.04. The van der Waals surface area contributed by atoms with Gasteiger partial charge in [0.1, 0.15) is 22.8 Å². The largest absolute Gasteiger partial charge is 0.508 e. The number of fused-ring (bicyclic) bond motifs is 1. The second-order valence-corrected chi connectivity index (χ2v) is 4.23. The lowest BCUT2D eigenvalue weighted by atomic mass is 10.2. The molecule has 0 radical (unpaired) electrons. The zero-order valence-electron chi connectivity index (χ0n) is 10.4. The first kappa shape index (κ1) is 11.5. The molecular formula is C14H13N3O2. The van der Waals surface area contributed by atoms with Crippen LogP contribution in [0.2, 0.25) is 0 Å².